The molecule has 0 aliphatic carbocycles. The third-order valence-corrected chi connectivity index (χ3v) is 1.52. The topological polar surface area (TPSA) is 35.2 Å². The minimum Gasteiger partial charge on any atom is -0.476 e. The van der Waals surface area contributed by atoms with Gasteiger partial charge in [-0.3, -0.25) is 5.73 Å². The Morgan fingerprint density at radius 1 is 1.17 bits per heavy atom. The fraction of sp³-hybridized carbons (Fsp3) is 0.400. The lowest BCUT2D eigenvalue weighted by Crippen LogP contribution is -2.22. The van der Waals surface area contributed by atoms with E-state index >= 15 is 0 Å². The molecule has 0 radical (unpaired) electrons. The molecule has 0 bridgehead atoms. The first-order valence-corrected chi connectivity index (χ1v) is 4.08. The minimum atomic E-state index is -0.244. The Morgan fingerprint density at radius 2 is 1.67 bits per heavy atom. The van der Waals surface area contributed by atoms with Gasteiger partial charge in [-0.2, -0.15) is 0 Å². The number of hydrogen-bond donors (Lipinski definition) is 1. The van der Waals surface area contributed by atoms with Crippen LogP contribution in [0.2, 0.25) is 0 Å². The fourth-order valence-corrected chi connectivity index (χ4v) is 1.22. The first-order chi connectivity index (χ1) is 5.58. The molecule has 2 N–H and O–H groups in total. The van der Waals surface area contributed by atoms with Gasteiger partial charge in [0.15, 0.2) is 0 Å². The molecule has 0 saturated heterocycles. The van der Waals surface area contributed by atoms with Crippen molar-refractivity contribution in [2.24, 2.45) is 5.73 Å². The number of aryl methyl sites for hydroxylation is 2. The first-order valence-electron chi connectivity index (χ1n) is 4.08. The molecule has 1 unspecified atom stereocenters. The molecule has 66 valence electrons. The fourth-order valence-electron chi connectivity index (χ4n) is 1.22. The van der Waals surface area contributed by atoms with Gasteiger partial charge in [-0.05, 0) is 44.0 Å². The Kier molecular flexibility index (Phi) is 2.71. The van der Waals surface area contributed by atoms with E-state index in [1.54, 1.807) is 0 Å². The zero-order valence-corrected chi connectivity index (χ0v) is 7.79. The molecule has 0 aliphatic heterocycles. The van der Waals surface area contributed by atoms with Crippen LogP contribution in [0.4, 0.5) is 0 Å². The van der Waals surface area contributed by atoms with Crippen molar-refractivity contribution in [2.75, 3.05) is 0 Å². The van der Waals surface area contributed by atoms with E-state index in [0.717, 1.165) is 5.75 Å². The highest BCUT2D eigenvalue weighted by Crippen LogP contribution is 2.16. The molecule has 1 rings (SSSR count). The lowest BCUT2D eigenvalue weighted by molar-refractivity contribution is 0.230. The summed E-state index contributed by atoms with van der Waals surface area (Å²) in [4.78, 5) is 0. The standard InChI is InChI=1S/C10H15NO/c1-7-4-8(2)6-10(5-7)12-9(3)11/h4-6,9H,11H2,1-3H3. The minimum absolute atomic E-state index is 0.244. The maximum atomic E-state index is 5.50. The summed E-state index contributed by atoms with van der Waals surface area (Å²) >= 11 is 0. The van der Waals surface area contributed by atoms with Gasteiger partial charge >= 0.3 is 0 Å². The number of nitrogens with two attached hydrogens (primary N) is 1. The van der Waals surface area contributed by atoms with E-state index in [9.17, 15) is 0 Å². The Balaban J connectivity index is 2.85. The van der Waals surface area contributed by atoms with Crippen LogP contribution in [0.1, 0.15) is 18.1 Å². The molecule has 0 aromatic heterocycles. The zero-order valence-electron chi connectivity index (χ0n) is 7.79. The summed E-state index contributed by atoms with van der Waals surface area (Å²) in [6.07, 6.45) is -0.244. The van der Waals surface area contributed by atoms with Gasteiger partial charge in [0.05, 0.1) is 0 Å². The van der Waals surface area contributed by atoms with Crippen LogP contribution in [0, 0.1) is 13.8 Å². The van der Waals surface area contributed by atoms with Crippen LogP contribution >= 0.6 is 0 Å². The molecule has 0 fully saturated rings. The molecule has 0 aliphatic rings. The Hall–Kier alpha value is -1.02. The van der Waals surface area contributed by atoms with Crippen LogP contribution in [0.15, 0.2) is 18.2 Å². The van der Waals surface area contributed by atoms with E-state index in [1.165, 1.54) is 11.1 Å². The highest BCUT2D eigenvalue weighted by molar-refractivity contribution is 5.33. The summed E-state index contributed by atoms with van der Waals surface area (Å²) in [7, 11) is 0. The van der Waals surface area contributed by atoms with Crippen molar-refractivity contribution in [3.8, 4) is 5.75 Å². The molecule has 1 aromatic rings. The van der Waals surface area contributed by atoms with E-state index in [2.05, 4.69) is 6.07 Å². The van der Waals surface area contributed by atoms with Crippen molar-refractivity contribution in [2.45, 2.75) is 27.0 Å². The molecule has 12 heavy (non-hydrogen) atoms. The van der Waals surface area contributed by atoms with Crippen molar-refractivity contribution < 1.29 is 4.74 Å². The highest BCUT2D eigenvalue weighted by Gasteiger charge is 1.98. The largest absolute Gasteiger partial charge is 0.476 e. The molecular weight excluding hydrogens is 150 g/mol. The lowest BCUT2D eigenvalue weighted by atomic mass is 10.1. The average molecular weight is 165 g/mol. The number of benzene rings is 1. The third-order valence-electron chi connectivity index (χ3n) is 1.52. The molecular formula is C10H15NO. The Bertz CT molecular complexity index is 248. The van der Waals surface area contributed by atoms with Crippen LogP contribution in [-0.4, -0.2) is 6.23 Å². The summed E-state index contributed by atoms with van der Waals surface area (Å²) in [6, 6.07) is 6.07. The second-order valence-corrected chi connectivity index (χ2v) is 3.15. The molecule has 0 heterocycles. The predicted molar refractivity (Wildman–Crippen MR) is 50.2 cm³/mol. The lowest BCUT2D eigenvalue weighted by Gasteiger charge is -2.10. The molecule has 2 nitrogen and oxygen atoms in total. The second-order valence-electron chi connectivity index (χ2n) is 3.15. The van der Waals surface area contributed by atoms with Gasteiger partial charge in [-0.1, -0.05) is 6.07 Å². The predicted octanol–water partition coefficient (Wildman–Crippen LogP) is 1.99. The number of rotatable bonds is 2. The van der Waals surface area contributed by atoms with Crippen molar-refractivity contribution in [3.05, 3.63) is 29.3 Å². The van der Waals surface area contributed by atoms with Crippen molar-refractivity contribution in [3.63, 3.8) is 0 Å². The van der Waals surface area contributed by atoms with Gasteiger partial charge in [0.2, 0.25) is 0 Å². The van der Waals surface area contributed by atoms with Gasteiger partial charge in [0.1, 0.15) is 12.0 Å². The summed E-state index contributed by atoms with van der Waals surface area (Å²) in [6.45, 7) is 5.90. The Labute approximate surface area is 73.3 Å². The third kappa shape index (κ3) is 2.55. The van der Waals surface area contributed by atoms with Crippen LogP contribution < -0.4 is 10.5 Å². The van der Waals surface area contributed by atoms with Crippen LogP contribution in [0.3, 0.4) is 0 Å². The van der Waals surface area contributed by atoms with Crippen molar-refractivity contribution in [1.82, 2.24) is 0 Å². The van der Waals surface area contributed by atoms with Crippen LogP contribution in [-0.2, 0) is 0 Å². The maximum Gasteiger partial charge on any atom is 0.144 e. The van der Waals surface area contributed by atoms with E-state index in [0.29, 0.717) is 0 Å². The summed E-state index contributed by atoms with van der Waals surface area (Å²) in [5.74, 6) is 0.850. The maximum absolute atomic E-state index is 5.50. The SMILES string of the molecule is Cc1cc(C)cc(OC(C)N)c1. The van der Waals surface area contributed by atoms with E-state index in [-0.39, 0.29) is 6.23 Å². The van der Waals surface area contributed by atoms with Gasteiger partial charge in [-0.25, -0.2) is 0 Å². The normalized spacial score (nSPS) is 12.7. The van der Waals surface area contributed by atoms with E-state index < -0.39 is 0 Å². The van der Waals surface area contributed by atoms with Crippen molar-refractivity contribution in [1.29, 1.82) is 0 Å². The molecule has 2 heteroatoms. The number of hydrogen-bond acceptors (Lipinski definition) is 2. The van der Waals surface area contributed by atoms with Gasteiger partial charge in [0.25, 0.3) is 0 Å². The van der Waals surface area contributed by atoms with Crippen LogP contribution in [0.25, 0.3) is 0 Å². The molecule has 1 atom stereocenters. The quantitative estimate of drug-likeness (QED) is 0.680. The molecule has 0 saturated carbocycles. The molecule has 0 amide bonds. The first kappa shape index (κ1) is 9.07. The van der Waals surface area contributed by atoms with Gasteiger partial charge in [0, 0.05) is 0 Å². The Morgan fingerprint density at radius 3 is 2.08 bits per heavy atom. The summed E-state index contributed by atoms with van der Waals surface area (Å²) in [5.41, 5.74) is 7.90. The average Bonchev–Trinajstić information content (AvgIpc) is 1.81. The smallest absolute Gasteiger partial charge is 0.144 e. The highest BCUT2D eigenvalue weighted by atomic mass is 16.5. The molecule has 1 aromatic carbocycles. The van der Waals surface area contributed by atoms with Gasteiger partial charge in [-0.15, -0.1) is 0 Å². The summed E-state index contributed by atoms with van der Waals surface area (Å²) in [5, 5.41) is 0. The summed E-state index contributed by atoms with van der Waals surface area (Å²) < 4.78 is 5.35. The van der Waals surface area contributed by atoms with Crippen LogP contribution in [0.5, 0.6) is 5.75 Å². The van der Waals surface area contributed by atoms with Gasteiger partial charge < -0.3 is 4.74 Å². The molecule has 0 spiro atoms. The second kappa shape index (κ2) is 3.59. The van der Waals surface area contributed by atoms with Crippen molar-refractivity contribution >= 4 is 0 Å². The number of ether oxygens (including phenoxy) is 1. The van der Waals surface area contributed by atoms with E-state index in [4.69, 9.17) is 10.5 Å². The zero-order chi connectivity index (χ0) is 9.14. The van der Waals surface area contributed by atoms with E-state index in [1.807, 2.05) is 32.9 Å². The monoisotopic (exact) mass is 165 g/mol.